The number of piperazine rings is 1. The van der Waals surface area contributed by atoms with Crippen LogP contribution in [0.4, 0.5) is 15.8 Å². The summed E-state index contributed by atoms with van der Waals surface area (Å²) in [5.41, 5.74) is 2.30. The number of nitrogens with one attached hydrogen (secondary N) is 1. The van der Waals surface area contributed by atoms with Crippen LogP contribution in [0.5, 0.6) is 0 Å². The summed E-state index contributed by atoms with van der Waals surface area (Å²) in [6.07, 6.45) is 2.59. The van der Waals surface area contributed by atoms with E-state index >= 15 is 0 Å². The third-order valence-electron chi connectivity index (χ3n) is 4.94. The minimum Gasteiger partial charge on any atom is -0.452 e. The van der Waals surface area contributed by atoms with E-state index in [0.717, 1.165) is 44.5 Å². The van der Waals surface area contributed by atoms with Crippen LogP contribution >= 0.6 is 0 Å². The second-order valence-electron chi connectivity index (χ2n) is 7.01. The van der Waals surface area contributed by atoms with Gasteiger partial charge in [0.25, 0.3) is 5.91 Å². The minimum absolute atomic E-state index is 0.390. The molecule has 0 aromatic heterocycles. The van der Waals surface area contributed by atoms with Crippen molar-refractivity contribution in [2.75, 3.05) is 49.5 Å². The van der Waals surface area contributed by atoms with E-state index in [2.05, 4.69) is 22.0 Å². The molecule has 1 amide bonds. The molecule has 0 aliphatic carbocycles. The van der Waals surface area contributed by atoms with Crippen LogP contribution in [-0.2, 0) is 14.3 Å². The van der Waals surface area contributed by atoms with Crippen LogP contribution in [-0.4, -0.2) is 56.1 Å². The van der Waals surface area contributed by atoms with Gasteiger partial charge in [-0.15, -0.1) is 0 Å². The largest absolute Gasteiger partial charge is 0.452 e. The minimum atomic E-state index is -0.670. The Morgan fingerprint density at radius 3 is 2.50 bits per heavy atom. The predicted molar refractivity (Wildman–Crippen MR) is 116 cm³/mol. The van der Waals surface area contributed by atoms with Crippen molar-refractivity contribution in [3.63, 3.8) is 0 Å². The molecule has 0 bridgehead atoms. The standard InChI is InChI=1S/C23H26FN3O3/c1-2-26-12-14-27(15-13-26)21-9-7-20(8-10-21)25-22(28)17-30-23(29)11-6-18-4-3-5-19(24)16-18/h3-11,16H,2,12-15,17H2,1H3,(H,25,28)/b11-6+. The van der Waals surface area contributed by atoms with Crippen LogP contribution in [0.2, 0.25) is 0 Å². The maximum absolute atomic E-state index is 13.1. The quantitative estimate of drug-likeness (QED) is 0.560. The molecule has 30 heavy (non-hydrogen) atoms. The van der Waals surface area contributed by atoms with E-state index in [0.29, 0.717) is 11.3 Å². The Kier molecular flexibility index (Phi) is 7.57. The molecule has 1 saturated heterocycles. The topological polar surface area (TPSA) is 61.9 Å². The van der Waals surface area contributed by atoms with Crippen molar-refractivity contribution in [1.82, 2.24) is 4.90 Å². The summed E-state index contributed by atoms with van der Waals surface area (Å²) in [4.78, 5) is 28.5. The summed E-state index contributed by atoms with van der Waals surface area (Å²) in [5.74, 6) is -1.48. The van der Waals surface area contributed by atoms with Gasteiger partial charge in [0.05, 0.1) is 0 Å². The first kappa shape index (κ1) is 21.5. The molecule has 1 fully saturated rings. The number of hydrogen-bond acceptors (Lipinski definition) is 5. The number of hydrogen-bond donors (Lipinski definition) is 1. The summed E-state index contributed by atoms with van der Waals surface area (Å²) < 4.78 is 18.0. The number of ether oxygens (including phenoxy) is 1. The molecule has 0 atom stereocenters. The predicted octanol–water partition coefficient (Wildman–Crippen LogP) is 3.16. The lowest BCUT2D eigenvalue weighted by molar-refractivity contribution is -0.142. The first-order valence-corrected chi connectivity index (χ1v) is 10.0. The van der Waals surface area contributed by atoms with Crippen molar-refractivity contribution in [1.29, 1.82) is 0 Å². The second kappa shape index (κ2) is 10.5. The number of rotatable bonds is 7. The Bertz CT molecular complexity index is 891. The number of anilines is 2. The Balaban J connectivity index is 1.43. The Hall–Kier alpha value is -3.19. The fourth-order valence-corrected chi connectivity index (χ4v) is 3.23. The van der Waals surface area contributed by atoms with Crippen LogP contribution < -0.4 is 10.2 Å². The van der Waals surface area contributed by atoms with Gasteiger partial charge < -0.3 is 19.9 Å². The molecule has 2 aromatic carbocycles. The summed E-state index contributed by atoms with van der Waals surface area (Å²) >= 11 is 0. The van der Waals surface area contributed by atoms with Gasteiger partial charge in [-0.3, -0.25) is 4.79 Å². The Morgan fingerprint density at radius 1 is 1.10 bits per heavy atom. The number of carbonyl (C=O) groups is 2. The molecule has 6 nitrogen and oxygen atoms in total. The van der Waals surface area contributed by atoms with Gasteiger partial charge >= 0.3 is 5.97 Å². The highest BCUT2D eigenvalue weighted by molar-refractivity contribution is 5.94. The summed E-state index contributed by atoms with van der Waals surface area (Å²) in [7, 11) is 0. The lowest BCUT2D eigenvalue weighted by Crippen LogP contribution is -2.46. The van der Waals surface area contributed by atoms with Gasteiger partial charge in [-0.05, 0) is 54.6 Å². The Labute approximate surface area is 175 Å². The van der Waals surface area contributed by atoms with Crippen molar-refractivity contribution in [3.8, 4) is 0 Å². The van der Waals surface area contributed by atoms with Gasteiger partial charge in [-0.1, -0.05) is 19.1 Å². The van der Waals surface area contributed by atoms with E-state index < -0.39 is 18.5 Å². The van der Waals surface area contributed by atoms with Gasteiger partial charge in [0, 0.05) is 43.6 Å². The van der Waals surface area contributed by atoms with E-state index in [1.54, 1.807) is 12.1 Å². The molecule has 0 spiro atoms. The first-order chi connectivity index (χ1) is 14.5. The maximum atomic E-state index is 13.1. The number of nitrogens with zero attached hydrogens (tertiary/aromatic N) is 2. The molecule has 2 aromatic rings. The van der Waals surface area contributed by atoms with Gasteiger partial charge in [-0.2, -0.15) is 0 Å². The number of esters is 1. The molecule has 1 aliphatic heterocycles. The zero-order valence-corrected chi connectivity index (χ0v) is 17.0. The summed E-state index contributed by atoms with van der Waals surface area (Å²) in [6, 6.07) is 13.5. The zero-order chi connectivity index (χ0) is 21.3. The SMILES string of the molecule is CCN1CCN(c2ccc(NC(=O)COC(=O)/C=C/c3cccc(F)c3)cc2)CC1. The fourth-order valence-electron chi connectivity index (χ4n) is 3.23. The van der Waals surface area contributed by atoms with Crippen LogP contribution in [0.3, 0.4) is 0 Å². The third kappa shape index (κ3) is 6.42. The number of likely N-dealkylation sites (N-methyl/N-ethyl adjacent to an activating group) is 1. The summed E-state index contributed by atoms with van der Waals surface area (Å²) in [6.45, 7) is 6.92. The highest BCUT2D eigenvalue weighted by Gasteiger charge is 2.15. The lowest BCUT2D eigenvalue weighted by atomic mass is 10.2. The van der Waals surface area contributed by atoms with Gasteiger partial charge in [-0.25, -0.2) is 9.18 Å². The van der Waals surface area contributed by atoms with E-state index in [4.69, 9.17) is 4.74 Å². The van der Waals surface area contributed by atoms with E-state index in [1.165, 1.54) is 18.2 Å². The van der Waals surface area contributed by atoms with Gasteiger partial charge in [0.2, 0.25) is 0 Å². The van der Waals surface area contributed by atoms with Crippen LogP contribution in [0.15, 0.2) is 54.6 Å². The molecule has 1 N–H and O–H groups in total. The van der Waals surface area contributed by atoms with Crippen LogP contribution in [0, 0.1) is 5.82 Å². The lowest BCUT2D eigenvalue weighted by Gasteiger charge is -2.35. The van der Waals surface area contributed by atoms with E-state index in [1.807, 2.05) is 24.3 Å². The van der Waals surface area contributed by atoms with E-state index in [-0.39, 0.29) is 5.82 Å². The van der Waals surface area contributed by atoms with Gasteiger partial charge in [0.1, 0.15) is 5.82 Å². The van der Waals surface area contributed by atoms with Crippen molar-refractivity contribution >= 4 is 29.3 Å². The molecular formula is C23H26FN3O3. The van der Waals surface area contributed by atoms with Crippen LogP contribution in [0.25, 0.3) is 6.08 Å². The van der Waals surface area contributed by atoms with E-state index in [9.17, 15) is 14.0 Å². The van der Waals surface area contributed by atoms with Crippen LogP contribution in [0.1, 0.15) is 12.5 Å². The fraction of sp³-hybridized carbons (Fsp3) is 0.304. The van der Waals surface area contributed by atoms with Crippen molar-refractivity contribution in [2.24, 2.45) is 0 Å². The maximum Gasteiger partial charge on any atom is 0.331 e. The molecule has 3 rings (SSSR count). The highest BCUT2D eigenvalue weighted by Crippen LogP contribution is 2.19. The molecule has 0 radical (unpaired) electrons. The molecular weight excluding hydrogens is 385 g/mol. The molecule has 1 aliphatic rings. The average Bonchev–Trinajstić information content (AvgIpc) is 2.77. The number of amides is 1. The molecule has 0 unspecified atom stereocenters. The molecule has 158 valence electrons. The number of carbonyl (C=O) groups excluding carboxylic acids is 2. The average molecular weight is 411 g/mol. The van der Waals surface area contributed by atoms with Crippen molar-refractivity contribution in [3.05, 3.63) is 66.0 Å². The molecule has 0 saturated carbocycles. The van der Waals surface area contributed by atoms with Crippen molar-refractivity contribution < 1.29 is 18.7 Å². The zero-order valence-electron chi connectivity index (χ0n) is 17.0. The van der Waals surface area contributed by atoms with Crippen molar-refractivity contribution in [2.45, 2.75) is 6.92 Å². The smallest absolute Gasteiger partial charge is 0.331 e. The summed E-state index contributed by atoms with van der Waals surface area (Å²) in [5, 5.41) is 2.71. The second-order valence-corrected chi connectivity index (χ2v) is 7.01. The third-order valence-corrected chi connectivity index (χ3v) is 4.94. The normalized spacial score (nSPS) is 14.7. The first-order valence-electron chi connectivity index (χ1n) is 10.0. The highest BCUT2D eigenvalue weighted by atomic mass is 19.1. The molecule has 7 heteroatoms. The van der Waals surface area contributed by atoms with Gasteiger partial charge in [0.15, 0.2) is 6.61 Å². The number of benzene rings is 2. The monoisotopic (exact) mass is 411 g/mol. The number of halogens is 1. The Morgan fingerprint density at radius 2 is 1.83 bits per heavy atom. The molecule has 1 heterocycles.